The zero-order valence-corrected chi connectivity index (χ0v) is 8.71. The van der Waals surface area contributed by atoms with Gasteiger partial charge in [-0.15, -0.1) is 10.2 Å². The van der Waals surface area contributed by atoms with E-state index in [0.29, 0.717) is 10.8 Å². The van der Waals surface area contributed by atoms with Crippen LogP contribution in [0.1, 0.15) is 18.1 Å². The molecule has 0 aliphatic carbocycles. The van der Waals surface area contributed by atoms with Crippen molar-refractivity contribution in [2.75, 3.05) is 5.73 Å². The molecule has 2 aromatic heterocycles. The number of aryl methyl sites for hydroxylation is 1. The highest BCUT2D eigenvalue weighted by Crippen LogP contribution is 2.21. The van der Waals surface area contributed by atoms with E-state index < -0.39 is 0 Å². The van der Waals surface area contributed by atoms with Crippen molar-refractivity contribution in [1.29, 1.82) is 0 Å². The maximum absolute atomic E-state index is 5.96. The Morgan fingerprint density at radius 2 is 2.14 bits per heavy atom. The van der Waals surface area contributed by atoms with Gasteiger partial charge in [0.25, 0.3) is 0 Å². The molecule has 0 atom stereocenters. The van der Waals surface area contributed by atoms with E-state index in [-0.39, 0.29) is 5.95 Å². The molecule has 2 N–H and O–H groups in total. The summed E-state index contributed by atoms with van der Waals surface area (Å²) < 4.78 is 1.47. The van der Waals surface area contributed by atoms with E-state index in [4.69, 9.17) is 17.3 Å². The molecule has 0 unspecified atom stereocenters. The number of nitrogen functional groups attached to an aromatic ring is 1. The highest BCUT2D eigenvalue weighted by molar-refractivity contribution is 6.30. The summed E-state index contributed by atoms with van der Waals surface area (Å²) in [4.78, 5) is 0. The molecule has 2 heterocycles. The van der Waals surface area contributed by atoms with Crippen LogP contribution in [0, 0.1) is 6.92 Å². The van der Waals surface area contributed by atoms with Crippen LogP contribution in [-0.4, -0.2) is 19.8 Å². The van der Waals surface area contributed by atoms with Gasteiger partial charge < -0.3 is 5.73 Å². The first-order valence-electron chi connectivity index (χ1n) is 4.31. The molecule has 0 bridgehead atoms. The van der Waals surface area contributed by atoms with Crippen LogP contribution in [0.4, 0.5) is 5.95 Å². The molecule has 5 nitrogen and oxygen atoms in total. The Balaban J connectivity index is 2.90. The number of hydrogen-bond donors (Lipinski definition) is 1. The van der Waals surface area contributed by atoms with Crippen molar-refractivity contribution in [3.8, 4) is 0 Å². The van der Waals surface area contributed by atoms with Gasteiger partial charge in [0.05, 0.1) is 0 Å². The molecule has 0 fully saturated rings. The highest BCUT2D eigenvalue weighted by atomic mass is 35.5. The summed E-state index contributed by atoms with van der Waals surface area (Å²) >= 11 is 5.96. The molecule has 0 saturated heterocycles. The number of halogens is 1. The molecule has 74 valence electrons. The normalized spacial score (nSPS) is 11.1. The lowest BCUT2D eigenvalue weighted by Gasteiger charge is -2.05. The number of rotatable bonds is 1. The van der Waals surface area contributed by atoms with Crippen molar-refractivity contribution in [2.24, 2.45) is 0 Å². The fourth-order valence-corrected chi connectivity index (χ4v) is 1.65. The summed E-state index contributed by atoms with van der Waals surface area (Å²) in [5, 5.41) is 12.2. The fraction of sp³-hybridized carbons (Fsp3) is 0.375. The maximum atomic E-state index is 5.96. The lowest BCUT2D eigenvalue weighted by atomic mass is 10.1. The lowest BCUT2D eigenvalue weighted by molar-refractivity contribution is 0.909. The van der Waals surface area contributed by atoms with Gasteiger partial charge in [-0.1, -0.05) is 18.5 Å². The van der Waals surface area contributed by atoms with Crippen LogP contribution < -0.4 is 5.73 Å². The fourth-order valence-electron chi connectivity index (χ4n) is 1.46. The highest BCUT2D eigenvalue weighted by Gasteiger charge is 2.12. The number of nitrogens with zero attached hydrogens (tertiary/aromatic N) is 4. The van der Waals surface area contributed by atoms with Gasteiger partial charge in [-0.3, -0.25) is 0 Å². The van der Waals surface area contributed by atoms with Gasteiger partial charge in [-0.2, -0.15) is 9.61 Å². The van der Waals surface area contributed by atoms with Crippen molar-refractivity contribution < 1.29 is 0 Å². The second-order valence-electron chi connectivity index (χ2n) is 3.04. The van der Waals surface area contributed by atoms with Crippen LogP contribution in [0.5, 0.6) is 0 Å². The summed E-state index contributed by atoms with van der Waals surface area (Å²) in [7, 11) is 0. The number of anilines is 1. The number of aromatic nitrogens is 4. The summed E-state index contributed by atoms with van der Waals surface area (Å²) in [6, 6.07) is 0. The van der Waals surface area contributed by atoms with E-state index in [9.17, 15) is 0 Å². The lowest BCUT2D eigenvalue weighted by Crippen LogP contribution is -2.03. The Morgan fingerprint density at radius 3 is 2.79 bits per heavy atom. The first-order chi connectivity index (χ1) is 6.65. The molecule has 0 saturated carbocycles. The molecular formula is C8H10ClN5. The van der Waals surface area contributed by atoms with Crippen LogP contribution in [-0.2, 0) is 6.42 Å². The van der Waals surface area contributed by atoms with Gasteiger partial charge in [-0.25, -0.2) is 0 Å². The van der Waals surface area contributed by atoms with E-state index in [0.717, 1.165) is 17.5 Å². The van der Waals surface area contributed by atoms with E-state index in [2.05, 4.69) is 15.3 Å². The van der Waals surface area contributed by atoms with Gasteiger partial charge in [0.1, 0.15) is 0 Å². The third-order valence-electron chi connectivity index (χ3n) is 2.24. The summed E-state index contributed by atoms with van der Waals surface area (Å²) in [5.74, 6) is 0.261. The Kier molecular flexibility index (Phi) is 2.03. The van der Waals surface area contributed by atoms with Gasteiger partial charge in [0.2, 0.25) is 5.95 Å². The Labute approximate surface area is 85.9 Å². The van der Waals surface area contributed by atoms with Gasteiger partial charge >= 0.3 is 0 Å². The van der Waals surface area contributed by atoms with Crippen molar-refractivity contribution in [1.82, 2.24) is 19.8 Å². The van der Waals surface area contributed by atoms with Gasteiger partial charge in [0.15, 0.2) is 10.8 Å². The zero-order valence-electron chi connectivity index (χ0n) is 7.95. The van der Waals surface area contributed by atoms with E-state index >= 15 is 0 Å². The molecule has 0 aromatic carbocycles. The maximum Gasteiger partial charge on any atom is 0.243 e. The second kappa shape index (κ2) is 3.09. The molecule has 0 aliphatic rings. The van der Waals surface area contributed by atoms with E-state index in [1.165, 1.54) is 4.52 Å². The van der Waals surface area contributed by atoms with Crippen molar-refractivity contribution in [3.63, 3.8) is 0 Å². The van der Waals surface area contributed by atoms with E-state index in [1.807, 2.05) is 13.8 Å². The quantitative estimate of drug-likeness (QED) is 0.771. The predicted octanol–water partition coefficient (Wildman–Crippen LogP) is 1.23. The third kappa shape index (κ3) is 1.13. The average molecular weight is 212 g/mol. The van der Waals surface area contributed by atoms with Crippen LogP contribution in [0.25, 0.3) is 5.65 Å². The summed E-state index contributed by atoms with van der Waals surface area (Å²) in [5.41, 5.74) is 8.25. The number of fused-ring (bicyclic) bond motifs is 1. The minimum atomic E-state index is 0.261. The largest absolute Gasteiger partial charge is 0.366 e. The number of nitrogens with two attached hydrogens (primary N) is 1. The molecular weight excluding hydrogens is 202 g/mol. The molecule has 0 amide bonds. The molecule has 0 aliphatic heterocycles. The topological polar surface area (TPSA) is 69.1 Å². The first kappa shape index (κ1) is 9.21. The van der Waals surface area contributed by atoms with Crippen LogP contribution in [0.15, 0.2) is 0 Å². The van der Waals surface area contributed by atoms with Crippen molar-refractivity contribution in [3.05, 3.63) is 16.3 Å². The predicted molar refractivity (Wildman–Crippen MR) is 54.3 cm³/mol. The minimum absolute atomic E-state index is 0.261. The molecule has 14 heavy (non-hydrogen) atoms. The second-order valence-corrected chi connectivity index (χ2v) is 3.40. The molecule has 0 spiro atoms. The first-order valence-corrected chi connectivity index (χ1v) is 4.68. The van der Waals surface area contributed by atoms with Crippen molar-refractivity contribution >= 4 is 23.2 Å². The van der Waals surface area contributed by atoms with Crippen LogP contribution in [0.2, 0.25) is 5.15 Å². The van der Waals surface area contributed by atoms with Crippen LogP contribution in [0.3, 0.4) is 0 Å². The minimum Gasteiger partial charge on any atom is -0.366 e. The smallest absolute Gasteiger partial charge is 0.243 e. The average Bonchev–Trinajstić information content (AvgIpc) is 2.51. The number of hydrogen-bond acceptors (Lipinski definition) is 4. The van der Waals surface area contributed by atoms with Gasteiger partial charge in [0, 0.05) is 5.56 Å². The monoisotopic (exact) mass is 211 g/mol. The summed E-state index contributed by atoms with van der Waals surface area (Å²) in [6.07, 6.45) is 0.829. The van der Waals surface area contributed by atoms with E-state index in [1.54, 1.807) is 0 Å². The standard InChI is InChI=1S/C8H10ClN5/c1-3-5-4(2)6(9)13-14-7(5)11-12-8(14)10/h3H2,1-2H3,(H2,10,12). The Bertz CT molecular complexity index is 490. The Morgan fingerprint density at radius 1 is 1.43 bits per heavy atom. The van der Waals surface area contributed by atoms with Crippen LogP contribution >= 0.6 is 11.6 Å². The zero-order chi connectivity index (χ0) is 10.3. The molecule has 0 radical (unpaired) electrons. The SMILES string of the molecule is CCc1c(C)c(Cl)nn2c(N)nnc12. The third-order valence-corrected chi connectivity index (χ3v) is 2.60. The van der Waals surface area contributed by atoms with Gasteiger partial charge in [-0.05, 0) is 18.9 Å². The molecule has 2 aromatic rings. The molecule has 2 rings (SSSR count). The molecule has 6 heteroatoms. The summed E-state index contributed by atoms with van der Waals surface area (Å²) in [6.45, 7) is 3.95. The Hall–Kier alpha value is -1.36. The van der Waals surface area contributed by atoms with Crippen molar-refractivity contribution in [2.45, 2.75) is 20.3 Å².